The molecule has 1 aromatic carbocycles. The minimum absolute atomic E-state index is 0.746. The van der Waals surface area contributed by atoms with Crippen molar-refractivity contribution in [2.24, 2.45) is 0 Å². The average Bonchev–Trinajstić information content (AvgIpc) is 2.40. The monoisotopic (exact) mass is 196 g/mol. The van der Waals surface area contributed by atoms with Crippen LogP contribution in [0.5, 0.6) is 0 Å². The summed E-state index contributed by atoms with van der Waals surface area (Å²) < 4.78 is 7.65. The zero-order valence-corrected chi connectivity index (χ0v) is 8.43. The molecule has 0 atom stereocenters. The maximum absolute atomic E-state index is 5.90. The molecule has 2 aromatic rings. The minimum atomic E-state index is 0.746. The van der Waals surface area contributed by atoms with Gasteiger partial charge < -0.3 is 4.42 Å². The Labute approximate surface area is 81.7 Å². The lowest BCUT2D eigenvalue weighted by atomic mass is 10.3. The van der Waals surface area contributed by atoms with Crippen LogP contribution in [0.2, 0.25) is 5.02 Å². The summed E-state index contributed by atoms with van der Waals surface area (Å²) in [5.41, 5.74) is 1.95. The molecule has 2 nitrogen and oxygen atoms in total. The molecule has 0 aliphatic rings. The fourth-order valence-corrected chi connectivity index (χ4v) is 1.73. The van der Waals surface area contributed by atoms with E-state index < -0.39 is 0 Å². The number of aryl methyl sites for hydroxylation is 2. The van der Waals surface area contributed by atoms with Crippen LogP contribution in [-0.4, -0.2) is 0 Å². The summed E-state index contributed by atoms with van der Waals surface area (Å²) in [6, 6.07) is 5.67. The van der Waals surface area contributed by atoms with Crippen LogP contribution in [-0.2, 0) is 6.54 Å². The average molecular weight is 197 g/mol. The minimum Gasteiger partial charge on any atom is -0.402 e. The molecule has 68 valence electrons. The first-order valence-electron chi connectivity index (χ1n) is 4.31. The predicted octanol–water partition coefficient (Wildman–Crippen LogP) is 2.70. The van der Waals surface area contributed by atoms with Crippen molar-refractivity contribution in [1.82, 2.24) is 0 Å². The number of nitrogens with zero attached hydrogens (tertiary/aromatic N) is 1. The number of benzene rings is 1. The first-order chi connectivity index (χ1) is 6.22. The van der Waals surface area contributed by atoms with Gasteiger partial charge in [-0.05, 0) is 19.1 Å². The lowest BCUT2D eigenvalue weighted by molar-refractivity contribution is -0.679. The van der Waals surface area contributed by atoms with E-state index in [-0.39, 0.29) is 0 Å². The van der Waals surface area contributed by atoms with Crippen molar-refractivity contribution >= 4 is 22.7 Å². The summed E-state index contributed by atoms with van der Waals surface area (Å²) >= 11 is 5.90. The second kappa shape index (κ2) is 3.04. The summed E-state index contributed by atoms with van der Waals surface area (Å²) in [7, 11) is 0. The van der Waals surface area contributed by atoms with E-state index in [9.17, 15) is 0 Å². The number of rotatable bonds is 1. The highest BCUT2D eigenvalue weighted by Crippen LogP contribution is 2.18. The van der Waals surface area contributed by atoms with E-state index in [1.807, 2.05) is 25.1 Å². The van der Waals surface area contributed by atoms with Crippen LogP contribution in [0, 0.1) is 6.92 Å². The van der Waals surface area contributed by atoms with E-state index in [0.29, 0.717) is 0 Å². The maximum atomic E-state index is 5.90. The summed E-state index contributed by atoms with van der Waals surface area (Å²) in [5.74, 6) is 0.916. The Bertz CT molecular complexity index is 447. The highest BCUT2D eigenvalue weighted by molar-refractivity contribution is 6.31. The third-order valence-electron chi connectivity index (χ3n) is 2.17. The van der Waals surface area contributed by atoms with Gasteiger partial charge in [0, 0.05) is 11.1 Å². The molecular formula is C10H11ClNO+. The van der Waals surface area contributed by atoms with Crippen LogP contribution in [0.1, 0.15) is 12.8 Å². The Morgan fingerprint density at radius 1 is 1.46 bits per heavy atom. The molecule has 2 rings (SSSR count). The van der Waals surface area contributed by atoms with E-state index in [0.717, 1.165) is 28.6 Å². The molecule has 0 bridgehead atoms. The molecule has 0 unspecified atom stereocenters. The summed E-state index contributed by atoms with van der Waals surface area (Å²) in [6.07, 6.45) is 0. The van der Waals surface area contributed by atoms with E-state index in [1.165, 1.54) is 0 Å². The molecule has 1 aromatic heterocycles. The standard InChI is InChI=1S/C10H11ClNO/c1-3-12-7(2)13-10-5-4-8(11)6-9(10)12/h4-6H,3H2,1-2H3/q+1. The molecule has 3 heteroatoms. The molecule has 0 fully saturated rings. The van der Waals surface area contributed by atoms with E-state index >= 15 is 0 Å². The van der Waals surface area contributed by atoms with Crippen molar-refractivity contribution in [2.75, 3.05) is 0 Å². The Morgan fingerprint density at radius 2 is 2.23 bits per heavy atom. The van der Waals surface area contributed by atoms with Crippen LogP contribution in [0.15, 0.2) is 22.6 Å². The number of fused-ring (bicyclic) bond motifs is 1. The Morgan fingerprint density at radius 3 is 2.92 bits per heavy atom. The lowest BCUT2D eigenvalue weighted by Gasteiger charge is -1.88. The fourth-order valence-electron chi connectivity index (χ4n) is 1.56. The van der Waals surface area contributed by atoms with Gasteiger partial charge in [-0.25, -0.2) is 0 Å². The second-order valence-corrected chi connectivity index (χ2v) is 3.41. The van der Waals surface area contributed by atoms with Crippen LogP contribution in [0.25, 0.3) is 11.1 Å². The van der Waals surface area contributed by atoms with Gasteiger partial charge in [-0.1, -0.05) is 11.6 Å². The lowest BCUT2D eigenvalue weighted by Crippen LogP contribution is -2.33. The molecule has 13 heavy (non-hydrogen) atoms. The first-order valence-corrected chi connectivity index (χ1v) is 4.68. The zero-order valence-electron chi connectivity index (χ0n) is 7.67. The second-order valence-electron chi connectivity index (χ2n) is 2.98. The highest BCUT2D eigenvalue weighted by atomic mass is 35.5. The molecule has 0 N–H and O–H groups in total. The number of oxazole rings is 1. The molecule has 1 heterocycles. The van der Waals surface area contributed by atoms with Crippen molar-refractivity contribution < 1.29 is 8.98 Å². The van der Waals surface area contributed by atoms with Gasteiger partial charge in [-0.3, -0.25) is 0 Å². The largest absolute Gasteiger partial charge is 0.402 e. The third-order valence-corrected chi connectivity index (χ3v) is 2.40. The van der Waals surface area contributed by atoms with Gasteiger partial charge in [0.15, 0.2) is 0 Å². The van der Waals surface area contributed by atoms with E-state index in [2.05, 4.69) is 11.5 Å². The van der Waals surface area contributed by atoms with Gasteiger partial charge in [-0.2, -0.15) is 4.57 Å². The maximum Gasteiger partial charge on any atom is 0.344 e. The molecule has 0 spiro atoms. The Balaban J connectivity index is 2.80. The van der Waals surface area contributed by atoms with E-state index in [1.54, 1.807) is 0 Å². The summed E-state index contributed by atoms with van der Waals surface area (Å²) in [4.78, 5) is 0. The number of hydrogen-bond acceptors (Lipinski definition) is 1. The molecule has 0 saturated heterocycles. The van der Waals surface area contributed by atoms with Crippen molar-refractivity contribution in [2.45, 2.75) is 20.4 Å². The summed E-state index contributed by atoms with van der Waals surface area (Å²) in [6.45, 7) is 4.94. The normalized spacial score (nSPS) is 11.0. The predicted molar refractivity (Wildman–Crippen MR) is 51.8 cm³/mol. The fraction of sp³-hybridized carbons (Fsp3) is 0.300. The van der Waals surface area contributed by atoms with Gasteiger partial charge in [-0.15, -0.1) is 0 Å². The summed E-state index contributed by atoms with van der Waals surface area (Å²) in [5, 5.41) is 0.746. The third kappa shape index (κ3) is 1.31. The van der Waals surface area contributed by atoms with Crippen molar-refractivity contribution in [3.05, 3.63) is 29.1 Å². The van der Waals surface area contributed by atoms with Crippen molar-refractivity contribution in [1.29, 1.82) is 0 Å². The number of hydrogen-bond donors (Lipinski definition) is 0. The van der Waals surface area contributed by atoms with Gasteiger partial charge in [0.1, 0.15) is 6.54 Å². The van der Waals surface area contributed by atoms with Crippen LogP contribution in [0.3, 0.4) is 0 Å². The SMILES string of the molecule is CC[n+]1c(C)oc2ccc(Cl)cc21. The van der Waals surface area contributed by atoms with Crippen molar-refractivity contribution in [3.8, 4) is 0 Å². The topological polar surface area (TPSA) is 17.0 Å². The highest BCUT2D eigenvalue weighted by Gasteiger charge is 2.16. The molecule has 0 aliphatic heterocycles. The van der Waals surface area contributed by atoms with Gasteiger partial charge in [0.2, 0.25) is 5.58 Å². The molecule has 0 saturated carbocycles. The first kappa shape index (κ1) is 8.57. The number of aromatic nitrogens is 1. The Hall–Kier alpha value is -1.02. The van der Waals surface area contributed by atoms with E-state index in [4.69, 9.17) is 16.0 Å². The smallest absolute Gasteiger partial charge is 0.344 e. The van der Waals surface area contributed by atoms with Crippen LogP contribution >= 0.6 is 11.6 Å². The molecule has 0 aliphatic carbocycles. The molecule has 0 amide bonds. The van der Waals surface area contributed by atoms with Gasteiger partial charge in [0.05, 0.1) is 6.92 Å². The number of halogens is 1. The Kier molecular flexibility index (Phi) is 2.00. The molecular weight excluding hydrogens is 186 g/mol. The van der Waals surface area contributed by atoms with Gasteiger partial charge in [0.25, 0.3) is 5.52 Å². The van der Waals surface area contributed by atoms with Crippen molar-refractivity contribution in [3.63, 3.8) is 0 Å². The molecule has 0 radical (unpaired) electrons. The zero-order chi connectivity index (χ0) is 9.42. The van der Waals surface area contributed by atoms with Crippen LogP contribution < -0.4 is 4.57 Å². The van der Waals surface area contributed by atoms with Gasteiger partial charge >= 0.3 is 5.89 Å². The van der Waals surface area contributed by atoms with Crippen LogP contribution in [0.4, 0.5) is 0 Å². The quantitative estimate of drug-likeness (QED) is 0.641.